The zero-order valence-corrected chi connectivity index (χ0v) is 17.0. The van der Waals surface area contributed by atoms with E-state index < -0.39 is 16.9 Å². The maximum Gasteiger partial charge on any atom is 0.323 e. The third-order valence-corrected chi connectivity index (χ3v) is 4.80. The maximum atomic E-state index is 12.7. The predicted octanol–water partition coefficient (Wildman–Crippen LogP) is 5.07. The Kier molecular flexibility index (Phi) is 5.98. The van der Waals surface area contributed by atoms with Gasteiger partial charge in [-0.25, -0.2) is 4.79 Å². The first-order chi connectivity index (χ1) is 15.5. The predicted molar refractivity (Wildman–Crippen MR) is 123 cm³/mol. The number of nitro benzene ring substituents is 1. The van der Waals surface area contributed by atoms with Crippen LogP contribution in [0.15, 0.2) is 72.8 Å². The second-order valence-corrected chi connectivity index (χ2v) is 7.39. The summed E-state index contributed by atoms with van der Waals surface area (Å²) in [4.78, 5) is 35.7. The molecule has 0 unspecified atom stereocenters. The zero-order valence-electron chi connectivity index (χ0n) is 17.0. The Balaban J connectivity index is 1.42. The Bertz CT molecular complexity index is 1160. The van der Waals surface area contributed by atoms with Gasteiger partial charge in [-0.2, -0.15) is 0 Å². The zero-order chi connectivity index (χ0) is 22.5. The lowest BCUT2D eigenvalue weighted by Crippen LogP contribution is -2.19. The van der Waals surface area contributed by atoms with Gasteiger partial charge in [-0.1, -0.05) is 24.3 Å². The Morgan fingerprint density at radius 1 is 0.812 bits per heavy atom. The number of nitrogens with one attached hydrogen (secondary N) is 4. The third kappa shape index (κ3) is 5.39. The van der Waals surface area contributed by atoms with Gasteiger partial charge in [0.2, 0.25) is 0 Å². The average molecular weight is 431 g/mol. The highest BCUT2D eigenvalue weighted by atomic mass is 16.6. The van der Waals surface area contributed by atoms with Gasteiger partial charge in [-0.15, -0.1) is 0 Å². The molecule has 1 saturated carbocycles. The molecule has 0 spiro atoms. The molecule has 0 aromatic heterocycles. The average Bonchev–Trinajstić information content (AvgIpc) is 3.58. The summed E-state index contributed by atoms with van der Waals surface area (Å²) in [5, 5.41) is 22.6. The number of hydrogen-bond donors (Lipinski definition) is 4. The lowest BCUT2D eigenvalue weighted by molar-refractivity contribution is -0.384. The van der Waals surface area contributed by atoms with Crippen LogP contribution in [0.1, 0.15) is 23.2 Å². The van der Waals surface area contributed by atoms with E-state index in [1.54, 1.807) is 48.5 Å². The van der Waals surface area contributed by atoms with Crippen LogP contribution >= 0.6 is 0 Å². The molecule has 0 atom stereocenters. The molecule has 3 aromatic rings. The lowest BCUT2D eigenvalue weighted by atomic mass is 10.1. The molecule has 1 aliphatic carbocycles. The Morgan fingerprint density at radius 3 is 2.16 bits per heavy atom. The number of carbonyl (C=O) groups excluding carboxylic acids is 2. The van der Waals surface area contributed by atoms with E-state index in [0.29, 0.717) is 22.7 Å². The summed E-state index contributed by atoms with van der Waals surface area (Å²) in [7, 11) is 0. The summed E-state index contributed by atoms with van der Waals surface area (Å²) in [6.07, 6.45) is 1.96. The first kappa shape index (κ1) is 20.9. The number of para-hydroxylation sites is 1. The Labute approximate surface area is 184 Å². The molecular weight excluding hydrogens is 410 g/mol. The van der Waals surface area contributed by atoms with Gasteiger partial charge in [0.25, 0.3) is 11.6 Å². The van der Waals surface area contributed by atoms with Crippen LogP contribution < -0.4 is 21.3 Å². The van der Waals surface area contributed by atoms with Crippen molar-refractivity contribution in [2.45, 2.75) is 18.9 Å². The minimum absolute atomic E-state index is 0.141. The van der Waals surface area contributed by atoms with E-state index in [1.807, 2.05) is 18.2 Å². The number of amides is 3. The van der Waals surface area contributed by atoms with Crippen LogP contribution in [-0.2, 0) is 0 Å². The number of benzene rings is 3. The molecule has 32 heavy (non-hydrogen) atoms. The molecule has 9 nitrogen and oxygen atoms in total. The summed E-state index contributed by atoms with van der Waals surface area (Å²) in [5.74, 6) is -0.489. The summed E-state index contributed by atoms with van der Waals surface area (Å²) in [6.45, 7) is 0. The second-order valence-electron chi connectivity index (χ2n) is 7.39. The van der Waals surface area contributed by atoms with Crippen LogP contribution in [0, 0.1) is 10.1 Å². The largest absolute Gasteiger partial charge is 0.377 e. The summed E-state index contributed by atoms with van der Waals surface area (Å²) in [6, 6.07) is 19.8. The summed E-state index contributed by atoms with van der Waals surface area (Å²) in [5.41, 5.74) is 2.00. The number of nitro groups is 1. The van der Waals surface area contributed by atoms with Crippen LogP contribution in [0.5, 0.6) is 0 Å². The van der Waals surface area contributed by atoms with Crippen molar-refractivity contribution in [1.29, 1.82) is 0 Å². The summed E-state index contributed by atoms with van der Waals surface area (Å²) >= 11 is 0. The Hall–Kier alpha value is -4.40. The van der Waals surface area contributed by atoms with Crippen molar-refractivity contribution >= 4 is 40.4 Å². The minimum Gasteiger partial charge on any atom is -0.377 e. The van der Waals surface area contributed by atoms with E-state index in [-0.39, 0.29) is 17.3 Å². The molecular formula is C23H21N5O4. The van der Waals surface area contributed by atoms with Gasteiger partial charge in [-0.05, 0) is 55.3 Å². The van der Waals surface area contributed by atoms with Crippen molar-refractivity contribution in [3.05, 3.63) is 88.5 Å². The molecule has 0 heterocycles. The van der Waals surface area contributed by atoms with Gasteiger partial charge in [0.15, 0.2) is 0 Å². The quantitative estimate of drug-likeness (QED) is 0.307. The molecule has 3 aromatic carbocycles. The van der Waals surface area contributed by atoms with E-state index in [1.165, 1.54) is 6.07 Å². The van der Waals surface area contributed by atoms with Crippen molar-refractivity contribution in [2.75, 3.05) is 21.3 Å². The molecule has 0 bridgehead atoms. The summed E-state index contributed by atoms with van der Waals surface area (Å²) < 4.78 is 0. The fourth-order valence-electron chi connectivity index (χ4n) is 3.09. The smallest absolute Gasteiger partial charge is 0.323 e. The van der Waals surface area contributed by atoms with Crippen molar-refractivity contribution < 1.29 is 14.5 Å². The monoisotopic (exact) mass is 431 g/mol. The van der Waals surface area contributed by atoms with E-state index in [2.05, 4.69) is 21.3 Å². The van der Waals surface area contributed by atoms with E-state index in [0.717, 1.165) is 12.8 Å². The number of rotatable bonds is 7. The highest BCUT2D eigenvalue weighted by molar-refractivity contribution is 6.06. The van der Waals surface area contributed by atoms with Gasteiger partial charge in [0, 0.05) is 34.7 Å². The lowest BCUT2D eigenvalue weighted by Gasteiger charge is -2.11. The molecule has 4 rings (SSSR count). The van der Waals surface area contributed by atoms with Gasteiger partial charge in [0.1, 0.15) is 5.69 Å². The van der Waals surface area contributed by atoms with Crippen molar-refractivity contribution in [1.82, 2.24) is 0 Å². The van der Waals surface area contributed by atoms with Crippen molar-refractivity contribution in [2.24, 2.45) is 0 Å². The number of hydrogen-bond acceptors (Lipinski definition) is 5. The topological polar surface area (TPSA) is 125 Å². The Morgan fingerprint density at radius 2 is 1.47 bits per heavy atom. The van der Waals surface area contributed by atoms with Gasteiger partial charge < -0.3 is 21.3 Å². The van der Waals surface area contributed by atoms with Crippen LogP contribution in [0.25, 0.3) is 0 Å². The van der Waals surface area contributed by atoms with Gasteiger partial charge in [-0.3, -0.25) is 14.9 Å². The first-order valence-corrected chi connectivity index (χ1v) is 10.1. The first-order valence-electron chi connectivity index (χ1n) is 10.1. The third-order valence-electron chi connectivity index (χ3n) is 4.80. The molecule has 0 saturated heterocycles. The molecule has 0 aliphatic heterocycles. The molecule has 4 N–H and O–H groups in total. The molecule has 3 amide bonds. The SMILES string of the molecule is O=C(Nc1ccccc1)Nc1cccc(NC(=O)c2ccc(NC3CC3)c([N+](=O)[O-])c2)c1. The molecule has 1 aliphatic rings. The van der Waals surface area contributed by atoms with Crippen LogP contribution in [-0.4, -0.2) is 22.9 Å². The maximum absolute atomic E-state index is 12.7. The molecule has 0 radical (unpaired) electrons. The van der Waals surface area contributed by atoms with Crippen LogP contribution in [0.2, 0.25) is 0 Å². The van der Waals surface area contributed by atoms with Crippen LogP contribution in [0.4, 0.5) is 33.2 Å². The van der Waals surface area contributed by atoms with Gasteiger partial charge in [0.05, 0.1) is 4.92 Å². The minimum atomic E-state index is -0.503. The van der Waals surface area contributed by atoms with Crippen LogP contribution in [0.3, 0.4) is 0 Å². The fraction of sp³-hybridized carbons (Fsp3) is 0.130. The molecule has 9 heteroatoms. The second kappa shape index (κ2) is 9.17. The molecule has 162 valence electrons. The van der Waals surface area contributed by atoms with E-state index >= 15 is 0 Å². The number of anilines is 4. The van der Waals surface area contributed by atoms with Crippen molar-refractivity contribution in [3.63, 3.8) is 0 Å². The highest BCUT2D eigenvalue weighted by Gasteiger charge is 2.25. The van der Waals surface area contributed by atoms with Crippen molar-refractivity contribution in [3.8, 4) is 0 Å². The molecule has 1 fully saturated rings. The number of nitrogens with zero attached hydrogens (tertiary/aromatic N) is 1. The highest BCUT2D eigenvalue weighted by Crippen LogP contribution is 2.31. The van der Waals surface area contributed by atoms with Gasteiger partial charge >= 0.3 is 6.03 Å². The fourth-order valence-corrected chi connectivity index (χ4v) is 3.09. The normalized spacial score (nSPS) is 12.5. The number of urea groups is 1. The standard InChI is InChI=1S/C23H21N5O4/c29-22(15-9-12-20(24-17-10-11-17)21(13-15)28(31)32)25-18-7-4-8-19(14-18)27-23(30)26-16-5-2-1-3-6-16/h1-9,12-14,17,24H,10-11H2,(H,25,29)(H2,26,27,30). The van der Waals surface area contributed by atoms with E-state index in [4.69, 9.17) is 0 Å². The van der Waals surface area contributed by atoms with E-state index in [9.17, 15) is 19.7 Å². The number of carbonyl (C=O) groups is 2.